The minimum Gasteiger partial charge on any atom is -0.491 e. The van der Waals surface area contributed by atoms with Gasteiger partial charge in [0.05, 0.1) is 18.3 Å². The number of carbonyl (C=O) groups is 2. The van der Waals surface area contributed by atoms with Crippen LogP contribution >= 0.6 is 0 Å². The predicted molar refractivity (Wildman–Crippen MR) is 183 cm³/mol. The fraction of sp³-hybridized carbons (Fsp3) is 0.500. The lowest BCUT2D eigenvalue weighted by Gasteiger charge is -2.28. The summed E-state index contributed by atoms with van der Waals surface area (Å²) in [4.78, 5) is 23.9. The highest BCUT2D eigenvalue weighted by atomic mass is 16.5. The van der Waals surface area contributed by atoms with E-state index < -0.39 is 0 Å². The number of allylic oxidation sites excluding steroid dienone is 1. The van der Waals surface area contributed by atoms with E-state index in [9.17, 15) is 9.59 Å². The third-order valence-corrected chi connectivity index (χ3v) is 8.91. The van der Waals surface area contributed by atoms with Gasteiger partial charge >= 0.3 is 11.9 Å². The molecule has 1 unspecified atom stereocenters. The Morgan fingerprint density at radius 3 is 2.18 bits per heavy atom. The molecule has 1 aliphatic rings. The molecule has 3 rings (SSSR count). The fourth-order valence-corrected chi connectivity index (χ4v) is 6.27. The van der Waals surface area contributed by atoms with Crippen LogP contribution in [-0.4, -0.2) is 24.6 Å². The number of hydrogen-bond donors (Lipinski definition) is 0. The summed E-state index contributed by atoms with van der Waals surface area (Å²) in [5, 5.41) is 0. The molecule has 0 aromatic heterocycles. The Kier molecular flexibility index (Phi) is 16.3. The van der Waals surface area contributed by atoms with E-state index in [1.165, 1.54) is 55.7 Å². The highest BCUT2D eigenvalue weighted by Crippen LogP contribution is 2.38. The van der Waals surface area contributed by atoms with E-state index in [0.717, 1.165) is 63.7 Å². The Balaban J connectivity index is 1.37. The summed E-state index contributed by atoms with van der Waals surface area (Å²) >= 11 is 0. The smallest absolute Gasteiger partial charge is 0.343 e. The molecule has 2 aromatic rings. The van der Waals surface area contributed by atoms with Crippen molar-refractivity contribution in [3.05, 3.63) is 103 Å². The normalized spacial score (nSPS) is 16.7. The standard InChI is InChI=1S/C40H54O5/c1-5-14-32-18-22-34(23-19-32)35-26-28-38(29-27-35)45-40(42)36-24-20-33(21-25-36)15-13-17-37(44-31(4)6-2)16-11-9-8-10-12-30-43-39(41)7-3/h6-7,20-21,24-29,32,34,37H,2-5,8-19,22-23,30H2,1H3. The van der Waals surface area contributed by atoms with Gasteiger partial charge in [-0.1, -0.05) is 83.0 Å². The summed E-state index contributed by atoms with van der Waals surface area (Å²) < 4.78 is 16.8. The molecule has 2 aromatic carbocycles. The quantitative estimate of drug-likeness (QED) is 0.0350. The van der Waals surface area contributed by atoms with Crippen molar-refractivity contribution < 1.29 is 23.8 Å². The van der Waals surface area contributed by atoms with Gasteiger partial charge in [-0.2, -0.15) is 0 Å². The molecule has 5 nitrogen and oxygen atoms in total. The van der Waals surface area contributed by atoms with E-state index >= 15 is 0 Å². The lowest BCUT2D eigenvalue weighted by atomic mass is 9.77. The molecular weight excluding hydrogens is 560 g/mol. The van der Waals surface area contributed by atoms with Crippen LogP contribution in [0.25, 0.3) is 0 Å². The first-order valence-electron chi connectivity index (χ1n) is 17.1. The maximum atomic E-state index is 12.8. The number of rotatable bonds is 21. The number of aryl methyl sites for hydroxylation is 1. The van der Waals surface area contributed by atoms with Crippen molar-refractivity contribution in [3.8, 4) is 5.75 Å². The Morgan fingerprint density at radius 1 is 0.844 bits per heavy atom. The van der Waals surface area contributed by atoms with Crippen molar-refractivity contribution in [2.24, 2.45) is 5.92 Å². The van der Waals surface area contributed by atoms with Gasteiger partial charge in [0, 0.05) is 6.08 Å². The lowest BCUT2D eigenvalue weighted by molar-refractivity contribution is -0.137. The largest absolute Gasteiger partial charge is 0.491 e. The van der Waals surface area contributed by atoms with Crippen LogP contribution in [0.4, 0.5) is 0 Å². The average Bonchev–Trinajstić information content (AvgIpc) is 3.06. The topological polar surface area (TPSA) is 61.8 Å². The van der Waals surface area contributed by atoms with Crippen LogP contribution in [0.3, 0.4) is 0 Å². The average molecular weight is 615 g/mol. The molecule has 0 bridgehead atoms. The number of ether oxygens (including phenoxy) is 3. The molecule has 1 atom stereocenters. The maximum Gasteiger partial charge on any atom is 0.343 e. The Morgan fingerprint density at radius 2 is 1.51 bits per heavy atom. The highest BCUT2D eigenvalue weighted by molar-refractivity contribution is 5.91. The van der Waals surface area contributed by atoms with Gasteiger partial charge in [-0.15, -0.1) is 0 Å². The van der Waals surface area contributed by atoms with Gasteiger partial charge < -0.3 is 14.2 Å². The van der Waals surface area contributed by atoms with Crippen LogP contribution in [0.5, 0.6) is 5.75 Å². The molecule has 0 amide bonds. The first-order valence-corrected chi connectivity index (χ1v) is 17.1. The third kappa shape index (κ3) is 13.5. The van der Waals surface area contributed by atoms with Crippen LogP contribution in [0, 0.1) is 5.92 Å². The summed E-state index contributed by atoms with van der Waals surface area (Å²) in [6.45, 7) is 13.8. The van der Waals surface area contributed by atoms with Gasteiger partial charge in [0.1, 0.15) is 11.5 Å². The second-order valence-corrected chi connectivity index (χ2v) is 12.4. The third-order valence-electron chi connectivity index (χ3n) is 8.91. The first-order chi connectivity index (χ1) is 21.9. The van der Waals surface area contributed by atoms with E-state index in [0.29, 0.717) is 29.6 Å². The van der Waals surface area contributed by atoms with Crippen LogP contribution < -0.4 is 4.74 Å². The van der Waals surface area contributed by atoms with Crippen molar-refractivity contribution in [2.45, 2.75) is 115 Å². The monoisotopic (exact) mass is 614 g/mol. The zero-order valence-electron chi connectivity index (χ0n) is 27.5. The molecule has 0 N–H and O–H groups in total. The molecule has 0 radical (unpaired) electrons. The second kappa shape index (κ2) is 20.4. The molecule has 0 heterocycles. The molecular formula is C40H54O5. The van der Waals surface area contributed by atoms with Gasteiger partial charge in [0.25, 0.3) is 0 Å². The van der Waals surface area contributed by atoms with E-state index in [4.69, 9.17) is 14.2 Å². The van der Waals surface area contributed by atoms with Gasteiger partial charge in [0.2, 0.25) is 0 Å². The molecule has 1 saturated carbocycles. The molecule has 1 fully saturated rings. The van der Waals surface area contributed by atoms with E-state index in [-0.39, 0.29) is 18.0 Å². The molecule has 0 aliphatic heterocycles. The minimum absolute atomic E-state index is 0.0979. The van der Waals surface area contributed by atoms with Crippen molar-refractivity contribution >= 4 is 11.9 Å². The van der Waals surface area contributed by atoms with Crippen LogP contribution in [0.2, 0.25) is 0 Å². The number of benzene rings is 2. The lowest BCUT2D eigenvalue weighted by Crippen LogP contribution is -2.13. The molecule has 244 valence electrons. The Bertz CT molecular complexity index is 1190. The second-order valence-electron chi connectivity index (χ2n) is 12.4. The van der Waals surface area contributed by atoms with Gasteiger partial charge in [-0.3, -0.25) is 0 Å². The molecule has 45 heavy (non-hydrogen) atoms. The number of carbonyl (C=O) groups excluding carboxylic acids is 2. The number of unbranched alkanes of at least 4 members (excludes halogenated alkanes) is 4. The number of esters is 2. The SMILES string of the molecule is C=CC(=C)OC(CCCCCCCOC(=O)C=C)CCCc1ccc(C(=O)Oc2ccc(C3CCC(CCC)CC3)cc2)cc1. The van der Waals surface area contributed by atoms with Crippen molar-refractivity contribution in [1.82, 2.24) is 0 Å². The summed E-state index contributed by atoms with van der Waals surface area (Å²) in [5.74, 6) is 2.03. The van der Waals surface area contributed by atoms with Gasteiger partial charge in [-0.05, 0) is 118 Å². The van der Waals surface area contributed by atoms with Crippen LogP contribution in [0.15, 0.2) is 86.2 Å². The van der Waals surface area contributed by atoms with Crippen molar-refractivity contribution in [1.29, 1.82) is 0 Å². The summed E-state index contributed by atoms with van der Waals surface area (Å²) in [5.41, 5.74) is 3.10. The summed E-state index contributed by atoms with van der Waals surface area (Å²) in [7, 11) is 0. The van der Waals surface area contributed by atoms with E-state index in [2.05, 4.69) is 38.8 Å². The molecule has 5 heteroatoms. The van der Waals surface area contributed by atoms with Crippen molar-refractivity contribution in [2.75, 3.05) is 6.61 Å². The van der Waals surface area contributed by atoms with E-state index in [1.54, 1.807) is 6.08 Å². The van der Waals surface area contributed by atoms with Crippen LogP contribution in [-0.2, 0) is 20.7 Å². The van der Waals surface area contributed by atoms with Crippen molar-refractivity contribution in [3.63, 3.8) is 0 Å². The van der Waals surface area contributed by atoms with Gasteiger partial charge in [-0.25, -0.2) is 9.59 Å². The van der Waals surface area contributed by atoms with Gasteiger partial charge in [0.15, 0.2) is 0 Å². The summed E-state index contributed by atoms with van der Waals surface area (Å²) in [6, 6.07) is 15.9. The maximum absolute atomic E-state index is 12.8. The fourth-order valence-electron chi connectivity index (χ4n) is 6.27. The zero-order chi connectivity index (χ0) is 32.3. The van der Waals surface area contributed by atoms with Crippen LogP contribution in [0.1, 0.15) is 124 Å². The van der Waals surface area contributed by atoms with E-state index in [1.807, 2.05) is 36.4 Å². The first kappa shape index (κ1) is 35.9. The Labute approximate surface area is 271 Å². The summed E-state index contributed by atoms with van der Waals surface area (Å²) in [6.07, 6.45) is 19.7. The number of hydrogen-bond acceptors (Lipinski definition) is 5. The zero-order valence-corrected chi connectivity index (χ0v) is 27.5. The Hall–Kier alpha value is -3.60. The molecule has 0 spiro atoms. The highest BCUT2D eigenvalue weighted by Gasteiger charge is 2.22. The molecule has 1 aliphatic carbocycles. The minimum atomic E-state index is -0.359. The molecule has 0 saturated heterocycles. The predicted octanol–water partition coefficient (Wildman–Crippen LogP) is 10.5.